The molecule has 3 aromatic heterocycles. The van der Waals surface area contributed by atoms with Gasteiger partial charge in [0.2, 0.25) is 0 Å². The second-order valence-electron chi connectivity index (χ2n) is 16.2. The molecule has 0 N–H and O–H groups in total. The van der Waals surface area contributed by atoms with Gasteiger partial charge in [-0.25, -0.2) is 9.59 Å². The van der Waals surface area contributed by atoms with Crippen LogP contribution in [0.5, 0.6) is 0 Å². The third-order valence-electron chi connectivity index (χ3n) is 10.8. The fourth-order valence-corrected chi connectivity index (χ4v) is 7.75. The minimum absolute atomic E-state index is 0.0223. The van der Waals surface area contributed by atoms with Crippen LogP contribution < -0.4 is 11.3 Å². The molecular formula is C47H39NO4. The number of benzene rings is 6. The average Bonchev–Trinajstić information content (AvgIpc) is 3.39. The van der Waals surface area contributed by atoms with Crippen LogP contribution in [-0.2, 0) is 17.9 Å². The van der Waals surface area contributed by atoms with Crippen molar-refractivity contribution in [1.29, 1.82) is 0 Å². The molecule has 0 radical (unpaired) electrons. The molecule has 6 aromatic carbocycles. The zero-order valence-corrected chi connectivity index (χ0v) is 30.5. The molecule has 0 amide bonds. The summed E-state index contributed by atoms with van der Waals surface area (Å²) in [6.07, 6.45) is 0. The van der Waals surface area contributed by atoms with E-state index in [9.17, 15) is 9.59 Å². The number of fused-ring (bicyclic) bond motifs is 9. The van der Waals surface area contributed by atoms with E-state index in [0.29, 0.717) is 22.3 Å². The Kier molecular flexibility index (Phi) is 6.79. The zero-order valence-electron chi connectivity index (χ0n) is 30.5. The second-order valence-corrected chi connectivity index (χ2v) is 16.2. The number of aryl methyl sites for hydroxylation is 1. The van der Waals surface area contributed by atoms with Crippen LogP contribution in [0.4, 0.5) is 0 Å². The molecule has 52 heavy (non-hydrogen) atoms. The largest absolute Gasteiger partial charge is 0.422 e. The van der Waals surface area contributed by atoms with Crippen molar-refractivity contribution in [1.82, 2.24) is 4.57 Å². The third kappa shape index (κ3) is 4.98. The van der Waals surface area contributed by atoms with Gasteiger partial charge in [-0.1, -0.05) is 102 Å². The van der Waals surface area contributed by atoms with Crippen LogP contribution in [0.15, 0.2) is 128 Å². The Balaban J connectivity index is 1.20. The molecule has 0 saturated heterocycles. The van der Waals surface area contributed by atoms with E-state index in [1.165, 1.54) is 11.1 Å². The lowest BCUT2D eigenvalue weighted by Gasteiger charge is -2.19. The Morgan fingerprint density at radius 1 is 0.442 bits per heavy atom. The first-order valence-corrected chi connectivity index (χ1v) is 17.8. The molecule has 5 heteroatoms. The van der Waals surface area contributed by atoms with Crippen molar-refractivity contribution in [2.24, 2.45) is 7.05 Å². The fraction of sp³-hybridized carbons (Fsp3) is 0.191. The molecule has 0 saturated carbocycles. The first kappa shape index (κ1) is 32.0. The molecule has 0 unspecified atom stereocenters. The van der Waals surface area contributed by atoms with Crippen molar-refractivity contribution in [2.45, 2.75) is 52.4 Å². The van der Waals surface area contributed by atoms with Crippen molar-refractivity contribution in [2.75, 3.05) is 0 Å². The molecule has 9 aromatic rings. The van der Waals surface area contributed by atoms with Crippen LogP contribution in [0.25, 0.3) is 87.5 Å². The zero-order chi connectivity index (χ0) is 36.3. The first-order chi connectivity index (χ1) is 24.7. The van der Waals surface area contributed by atoms with E-state index >= 15 is 0 Å². The van der Waals surface area contributed by atoms with Crippen LogP contribution in [0, 0.1) is 0 Å². The molecule has 0 aliphatic carbocycles. The van der Waals surface area contributed by atoms with Gasteiger partial charge in [0.25, 0.3) is 0 Å². The third-order valence-corrected chi connectivity index (χ3v) is 10.8. The molecule has 0 aliphatic rings. The predicted molar refractivity (Wildman–Crippen MR) is 216 cm³/mol. The summed E-state index contributed by atoms with van der Waals surface area (Å²) < 4.78 is 14.0. The maximum Gasteiger partial charge on any atom is 0.344 e. The molecule has 9 rings (SSSR count). The Labute approximate surface area is 300 Å². The normalized spacial score (nSPS) is 12.7. The van der Waals surface area contributed by atoms with E-state index in [0.717, 1.165) is 65.3 Å². The molecule has 5 nitrogen and oxygen atoms in total. The number of aromatic nitrogens is 1. The Morgan fingerprint density at radius 2 is 0.865 bits per heavy atom. The minimum atomic E-state index is -0.381. The van der Waals surface area contributed by atoms with Crippen LogP contribution in [0.1, 0.15) is 52.7 Å². The fourth-order valence-electron chi connectivity index (χ4n) is 7.75. The van der Waals surface area contributed by atoms with Crippen LogP contribution in [0.3, 0.4) is 0 Å². The van der Waals surface area contributed by atoms with Crippen molar-refractivity contribution in [3.05, 3.63) is 141 Å². The van der Waals surface area contributed by atoms with E-state index in [2.05, 4.69) is 107 Å². The van der Waals surface area contributed by atoms with Crippen molar-refractivity contribution < 1.29 is 8.83 Å². The highest BCUT2D eigenvalue weighted by Crippen LogP contribution is 2.37. The van der Waals surface area contributed by atoms with Gasteiger partial charge in [0.1, 0.15) is 11.2 Å². The van der Waals surface area contributed by atoms with E-state index in [-0.39, 0.29) is 22.1 Å². The number of nitrogens with zero attached hydrogens (tertiary/aromatic N) is 1. The van der Waals surface area contributed by atoms with E-state index < -0.39 is 0 Å². The van der Waals surface area contributed by atoms with E-state index in [1.807, 2.05) is 55.6 Å². The molecule has 0 spiro atoms. The summed E-state index contributed by atoms with van der Waals surface area (Å²) in [5, 5.41) is 8.07. The molecular weight excluding hydrogens is 643 g/mol. The average molecular weight is 682 g/mol. The molecule has 0 atom stereocenters. The Morgan fingerprint density at radius 3 is 1.27 bits per heavy atom. The van der Waals surface area contributed by atoms with Gasteiger partial charge in [-0.2, -0.15) is 0 Å². The minimum Gasteiger partial charge on any atom is -0.422 e. The lowest BCUT2D eigenvalue weighted by atomic mass is 9.85. The maximum absolute atomic E-state index is 13.5. The monoisotopic (exact) mass is 681 g/mol. The van der Waals surface area contributed by atoms with Gasteiger partial charge in [0, 0.05) is 39.6 Å². The summed E-state index contributed by atoms with van der Waals surface area (Å²) in [4.78, 5) is 27.0. The Hall–Kier alpha value is -5.94. The summed E-state index contributed by atoms with van der Waals surface area (Å²) in [6, 6.07) is 37.0. The van der Waals surface area contributed by atoms with Crippen LogP contribution >= 0.6 is 0 Å². The Bertz CT molecular complexity index is 2880. The van der Waals surface area contributed by atoms with Crippen LogP contribution in [-0.4, -0.2) is 4.57 Å². The standard InChI is InChI=1S/C47H39NO4/c1-46(2,3)30-12-14-32-26(20-30)10-18-42-38(32)24-34(44(49)51-42)28-8-16-40-36(22-28)37-23-29(9-17-41(37)48(40)7)35-25-39-33-15-13-31(47(4,5)6)21-27(33)11-19-43(39)52-45(35)50/h8-25H,1-7H3. The molecule has 0 bridgehead atoms. The van der Waals surface area contributed by atoms with Crippen LogP contribution in [0.2, 0.25) is 0 Å². The summed E-state index contributed by atoms with van der Waals surface area (Å²) in [5.74, 6) is 0. The van der Waals surface area contributed by atoms with Gasteiger partial charge in [0.15, 0.2) is 0 Å². The van der Waals surface area contributed by atoms with Gasteiger partial charge >= 0.3 is 11.3 Å². The predicted octanol–water partition coefficient (Wildman–Crippen LogP) is 11.8. The first-order valence-electron chi connectivity index (χ1n) is 17.8. The number of hydrogen-bond donors (Lipinski definition) is 0. The van der Waals surface area contributed by atoms with Crippen molar-refractivity contribution in [3.63, 3.8) is 0 Å². The summed E-state index contributed by atoms with van der Waals surface area (Å²) in [7, 11) is 2.04. The molecule has 0 aliphatic heterocycles. The summed E-state index contributed by atoms with van der Waals surface area (Å²) >= 11 is 0. The lowest BCUT2D eigenvalue weighted by molar-refractivity contribution is 0.563. The summed E-state index contributed by atoms with van der Waals surface area (Å²) in [5.41, 5.74) is 7.52. The highest BCUT2D eigenvalue weighted by molar-refractivity contribution is 6.12. The van der Waals surface area contributed by atoms with Gasteiger partial charge in [-0.15, -0.1) is 0 Å². The SMILES string of the molecule is Cn1c2ccc(-c3cc4c(ccc5cc(C(C)(C)C)ccc54)oc3=O)cc2c2cc(-c3cc4c(ccc5cc(C(C)(C)C)ccc54)oc3=O)ccc21. The van der Waals surface area contributed by atoms with Gasteiger partial charge in [-0.3, -0.25) is 0 Å². The highest BCUT2D eigenvalue weighted by Gasteiger charge is 2.19. The van der Waals surface area contributed by atoms with E-state index in [1.54, 1.807) is 0 Å². The quantitative estimate of drug-likeness (QED) is 0.135. The second kappa shape index (κ2) is 11.0. The molecule has 3 heterocycles. The molecule has 0 fully saturated rings. The topological polar surface area (TPSA) is 65.3 Å². The summed E-state index contributed by atoms with van der Waals surface area (Å²) in [6.45, 7) is 13.2. The highest BCUT2D eigenvalue weighted by atomic mass is 16.4. The molecule has 256 valence electrons. The smallest absolute Gasteiger partial charge is 0.344 e. The maximum atomic E-state index is 13.5. The number of rotatable bonds is 2. The van der Waals surface area contributed by atoms with Gasteiger partial charge in [-0.05, 0) is 103 Å². The van der Waals surface area contributed by atoms with Crippen molar-refractivity contribution >= 4 is 65.3 Å². The number of hydrogen-bond acceptors (Lipinski definition) is 4. The van der Waals surface area contributed by atoms with Gasteiger partial charge in [0.05, 0.1) is 11.1 Å². The lowest BCUT2D eigenvalue weighted by Crippen LogP contribution is -2.10. The van der Waals surface area contributed by atoms with E-state index in [4.69, 9.17) is 8.83 Å². The van der Waals surface area contributed by atoms with Gasteiger partial charge < -0.3 is 13.4 Å². The van der Waals surface area contributed by atoms with Crippen molar-refractivity contribution in [3.8, 4) is 22.3 Å².